The first-order chi connectivity index (χ1) is 8.04. The maximum absolute atomic E-state index is 12.0. The van der Waals surface area contributed by atoms with Crippen LogP contribution >= 0.6 is 15.9 Å². The van der Waals surface area contributed by atoms with Crippen molar-refractivity contribution in [2.45, 2.75) is 4.83 Å². The highest BCUT2D eigenvalue weighted by molar-refractivity contribution is 9.09. The van der Waals surface area contributed by atoms with E-state index >= 15 is 0 Å². The molecular weight excluding hydrogens is 286 g/mol. The molecule has 0 aromatic heterocycles. The van der Waals surface area contributed by atoms with E-state index in [0.29, 0.717) is 18.7 Å². The predicted molar refractivity (Wildman–Crippen MR) is 69.7 cm³/mol. The van der Waals surface area contributed by atoms with Gasteiger partial charge in [-0.25, -0.2) is 0 Å². The van der Waals surface area contributed by atoms with E-state index in [4.69, 9.17) is 4.74 Å². The summed E-state index contributed by atoms with van der Waals surface area (Å²) >= 11 is 3.43. The van der Waals surface area contributed by atoms with Crippen LogP contribution in [0.2, 0.25) is 0 Å². The van der Waals surface area contributed by atoms with Crippen LogP contribution in [0.25, 0.3) is 0 Å². The van der Waals surface area contributed by atoms with Gasteiger partial charge >= 0.3 is 0 Å². The molecule has 1 unspecified atom stereocenters. The number of ether oxygens (including phenoxy) is 1. The van der Waals surface area contributed by atoms with E-state index in [-0.39, 0.29) is 16.5 Å². The minimum absolute atomic E-state index is 0.0940. The molecule has 0 aliphatic carbocycles. The lowest BCUT2D eigenvalue weighted by molar-refractivity contribution is 0.0784. The molecule has 0 aliphatic heterocycles. The number of benzene rings is 1. The molecule has 0 aliphatic rings. The van der Waals surface area contributed by atoms with Crippen LogP contribution in [0.4, 0.5) is 0 Å². The maximum Gasteiger partial charge on any atom is 0.253 e. The molecule has 5 heteroatoms. The van der Waals surface area contributed by atoms with E-state index in [0.717, 1.165) is 0 Å². The second kappa shape index (κ2) is 6.61. The molecule has 0 radical (unpaired) electrons. The van der Waals surface area contributed by atoms with Gasteiger partial charge in [0.2, 0.25) is 0 Å². The van der Waals surface area contributed by atoms with Gasteiger partial charge in [0.1, 0.15) is 5.75 Å². The number of phenolic OH excluding ortho intramolecular Hbond substituents is 1. The molecule has 0 saturated carbocycles. The van der Waals surface area contributed by atoms with Crippen LogP contribution < -0.4 is 0 Å². The smallest absolute Gasteiger partial charge is 0.253 e. The molecule has 17 heavy (non-hydrogen) atoms. The largest absolute Gasteiger partial charge is 0.508 e. The number of phenols is 1. The second-order valence-electron chi connectivity index (χ2n) is 3.79. The number of amides is 1. The van der Waals surface area contributed by atoms with Crippen molar-refractivity contribution in [1.82, 2.24) is 4.90 Å². The summed E-state index contributed by atoms with van der Waals surface area (Å²) in [6, 6.07) is 6.32. The molecule has 1 N–H and O–H groups in total. The fourth-order valence-corrected chi connectivity index (χ4v) is 2.17. The zero-order valence-corrected chi connectivity index (χ0v) is 11.5. The Labute approximate surface area is 109 Å². The lowest BCUT2D eigenvalue weighted by Gasteiger charge is -2.20. The molecule has 0 spiro atoms. The highest BCUT2D eigenvalue weighted by Crippen LogP contribution is 2.13. The van der Waals surface area contributed by atoms with Gasteiger partial charge in [-0.05, 0) is 18.2 Å². The van der Waals surface area contributed by atoms with Crippen molar-refractivity contribution < 1.29 is 14.6 Å². The molecular formula is C12H16BrNO3. The minimum Gasteiger partial charge on any atom is -0.508 e. The Bertz CT molecular complexity index is 384. The molecule has 1 rings (SSSR count). The van der Waals surface area contributed by atoms with Gasteiger partial charge in [-0.1, -0.05) is 22.0 Å². The Morgan fingerprint density at radius 2 is 2.29 bits per heavy atom. The number of carbonyl (C=O) groups excluding carboxylic acids is 1. The topological polar surface area (TPSA) is 49.8 Å². The van der Waals surface area contributed by atoms with E-state index in [1.165, 1.54) is 12.1 Å². The van der Waals surface area contributed by atoms with Crippen molar-refractivity contribution in [3.63, 3.8) is 0 Å². The van der Waals surface area contributed by atoms with Crippen molar-refractivity contribution in [2.24, 2.45) is 0 Å². The summed E-state index contributed by atoms with van der Waals surface area (Å²) in [7, 11) is 3.33. The SMILES string of the molecule is COCC(Br)CN(C)C(=O)c1cccc(O)c1. The number of carbonyl (C=O) groups is 1. The predicted octanol–water partition coefficient (Wildman–Crippen LogP) is 1.87. The Balaban J connectivity index is 2.63. The van der Waals surface area contributed by atoms with E-state index in [2.05, 4.69) is 15.9 Å². The summed E-state index contributed by atoms with van der Waals surface area (Å²) in [5.74, 6) is -0.0296. The molecule has 94 valence electrons. The molecule has 1 aromatic carbocycles. The molecule has 1 atom stereocenters. The zero-order chi connectivity index (χ0) is 12.8. The van der Waals surface area contributed by atoms with Gasteiger partial charge in [0.05, 0.1) is 11.4 Å². The first-order valence-electron chi connectivity index (χ1n) is 5.22. The Kier molecular flexibility index (Phi) is 5.44. The highest BCUT2D eigenvalue weighted by Gasteiger charge is 2.15. The third-order valence-electron chi connectivity index (χ3n) is 2.26. The highest BCUT2D eigenvalue weighted by atomic mass is 79.9. The Morgan fingerprint density at radius 3 is 2.88 bits per heavy atom. The fraction of sp³-hybridized carbons (Fsp3) is 0.417. The van der Waals surface area contributed by atoms with Crippen LogP contribution in [0.3, 0.4) is 0 Å². The van der Waals surface area contributed by atoms with Crippen LogP contribution in [-0.2, 0) is 4.74 Å². The minimum atomic E-state index is -0.124. The molecule has 0 fully saturated rings. The zero-order valence-electron chi connectivity index (χ0n) is 9.89. The number of alkyl halides is 1. The van der Waals surface area contributed by atoms with Crippen LogP contribution in [0.5, 0.6) is 5.75 Å². The third-order valence-corrected chi connectivity index (χ3v) is 2.81. The van der Waals surface area contributed by atoms with Gasteiger partial charge in [-0.15, -0.1) is 0 Å². The third kappa shape index (κ3) is 4.36. The average molecular weight is 302 g/mol. The normalized spacial score (nSPS) is 12.2. The lowest BCUT2D eigenvalue weighted by Crippen LogP contribution is -2.33. The van der Waals surface area contributed by atoms with Crippen molar-refractivity contribution in [1.29, 1.82) is 0 Å². The van der Waals surface area contributed by atoms with E-state index in [1.54, 1.807) is 31.2 Å². The van der Waals surface area contributed by atoms with Crippen molar-refractivity contribution in [2.75, 3.05) is 27.3 Å². The van der Waals surface area contributed by atoms with Crippen LogP contribution in [0, 0.1) is 0 Å². The summed E-state index contributed by atoms with van der Waals surface area (Å²) < 4.78 is 4.98. The average Bonchev–Trinajstić information content (AvgIpc) is 2.28. The van der Waals surface area contributed by atoms with E-state index in [9.17, 15) is 9.90 Å². The van der Waals surface area contributed by atoms with Gasteiger partial charge in [-0.2, -0.15) is 0 Å². The molecule has 4 nitrogen and oxygen atoms in total. The summed E-state index contributed by atoms with van der Waals surface area (Å²) in [4.78, 5) is 13.7. The van der Waals surface area contributed by atoms with Gasteiger partial charge in [0.15, 0.2) is 0 Å². The van der Waals surface area contributed by atoms with E-state index in [1.807, 2.05) is 0 Å². The second-order valence-corrected chi connectivity index (χ2v) is 5.08. The van der Waals surface area contributed by atoms with Crippen molar-refractivity contribution in [3.05, 3.63) is 29.8 Å². The quantitative estimate of drug-likeness (QED) is 0.845. The van der Waals surface area contributed by atoms with Crippen LogP contribution in [0.15, 0.2) is 24.3 Å². The number of hydrogen-bond donors (Lipinski definition) is 1. The van der Waals surface area contributed by atoms with Gasteiger partial charge in [-0.3, -0.25) is 4.79 Å². The number of methoxy groups -OCH3 is 1. The first-order valence-corrected chi connectivity index (χ1v) is 6.13. The number of hydrogen-bond acceptors (Lipinski definition) is 3. The van der Waals surface area contributed by atoms with Crippen molar-refractivity contribution >= 4 is 21.8 Å². The first kappa shape index (κ1) is 14.0. The summed E-state index contributed by atoms with van der Waals surface area (Å²) in [6.45, 7) is 1.08. The van der Waals surface area contributed by atoms with Crippen LogP contribution in [-0.4, -0.2) is 48.0 Å². The molecule has 0 bridgehead atoms. The molecule has 1 aromatic rings. The van der Waals surface area contributed by atoms with Crippen LogP contribution in [0.1, 0.15) is 10.4 Å². The molecule has 1 amide bonds. The summed E-state index contributed by atoms with van der Waals surface area (Å²) in [5, 5.41) is 9.31. The maximum atomic E-state index is 12.0. The Hall–Kier alpha value is -1.07. The lowest BCUT2D eigenvalue weighted by atomic mass is 10.2. The Morgan fingerprint density at radius 1 is 1.59 bits per heavy atom. The van der Waals surface area contributed by atoms with Gasteiger partial charge < -0.3 is 14.7 Å². The molecule has 0 saturated heterocycles. The molecule has 0 heterocycles. The summed E-state index contributed by atoms with van der Waals surface area (Å²) in [6.07, 6.45) is 0. The fourth-order valence-electron chi connectivity index (χ4n) is 1.47. The number of aromatic hydroxyl groups is 1. The van der Waals surface area contributed by atoms with E-state index < -0.39 is 0 Å². The number of halogens is 1. The monoisotopic (exact) mass is 301 g/mol. The number of nitrogens with zero attached hydrogens (tertiary/aromatic N) is 1. The van der Waals surface area contributed by atoms with Crippen molar-refractivity contribution in [3.8, 4) is 5.75 Å². The number of rotatable bonds is 5. The van der Waals surface area contributed by atoms with Gasteiger partial charge in [0, 0.05) is 26.3 Å². The van der Waals surface area contributed by atoms with Gasteiger partial charge in [0.25, 0.3) is 5.91 Å². The summed E-state index contributed by atoms with van der Waals surface area (Å²) in [5.41, 5.74) is 0.476. The standard InChI is InChI=1S/C12H16BrNO3/c1-14(7-10(13)8-17-2)12(16)9-4-3-5-11(15)6-9/h3-6,10,15H,7-8H2,1-2H3.